The molecule has 3 aliphatic rings. The largest absolute Gasteiger partial charge is 0.375 e. The van der Waals surface area contributed by atoms with Gasteiger partial charge in [0.05, 0.1) is 12.1 Å². The van der Waals surface area contributed by atoms with Crippen molar-refractivity contribution in [2.45, 2.75) is 24.4 Å². The molecule has 5 nitrogen and oxygen atoms in total. The topological polar surface area (TPSA) is 60.5 Å². The number of benzene rings is 6. The van der Waals surface area contributed by atoms with Crippen molar-refractivity contribution in [2.24, 2.45) is 4.99 Å². The van der Waals surface area contributed by atoms with Gasteiger partial charge in [-0.15, -0.1) is 0 Å². The zero-order valence-corrected chi connectivity index (χ0v) is 26.3. The number of anilines is 2. The molecule has 5 heteroatoms. The van der Waals surface area contributed by atoms with Gasteiger partial charge < -0.3 is 16.0 Å². The van der Waals surface area contributed by atoms with E-state index < -0.39 is 0 Å². The summed E-state index contributed by atoms with van der Waals surface area (Å²) < 4.78 is 0. The summed E-state index contributed by atoms with van der Waals surface area (Å²) in [7, 11) is 0. The second-order valence-corrected chi connectivity index (χ2v) is 12.7. The lowest BCUT2D eigenvalue weighted by Crippen LogP contribution is -2.58. The molecule has 4 atom stereocenters. The molecule has 3 heterocycles. The van der Waals surface area contributed by atoms with Gasteiger partial charge in [0.2, 0.25) is 0 Å². The van der Waals surface area contributed by atoms with Gasteiger partial charge >= 0.3 is 0 Å². The van der Waals surface area contributed by atoms with E-state index in [-0.39, 0.29) is 24.4 Å². The lowest BCUT2D eigenvalue weighted by Gasteiger charge is -2.37. The van der Waals surface area contributed by atoms with Crippen molar-refractivity contribution in [3.8, 4) is 11.1 Å². The van der Waals surface area contributed by atoms with Crippen LogP contribution in [0.25, 0.3) is 34.1 Å². The Morgan fingerprint density at radius 2 is 1.17 bits per heavy atom. The van der Waals surface area contributed by atoms with Crippen LogP contribution in [0.15, 0.2) is 157 Å². The molecule has 48 heavy (non-hydrogen) atoms. The number of nitrogens with zero attached hydrogens (tertiary/aromatic N) is 1. The zero-order chi connectivity index (χ0) is 31.9. The van der Waals surface area contributed by atoms with Gasteiger partial charge in [0.25, 0.3) is 0 Å². The molecule has 0 saturated carbocycles. The van der Waals surface area contributed by atoms with E-state index in [9.17, 15) is 0 Å². The molecule has 9 rings (SSSR count). The fraction of sp³-hybridized carbons (Fsp3) is 0.0930. The number of rotatable bonds is 5. The first-order valence-corrected chi connectivity index (χ1v) is 16.6. The van der Waals surface area contributed by atoms with Gasteiger partial charge in [0.1, 0.15) is 18.2 Å². The van der Waals surface area contributed by atoms with Crippen molar-refractivity contribution >= 4 is 40.1 Å². The van der Waals surface area contributed by atoms with Gasteiger partial charge in [-0.05, 0) is 62.4 Å². The van der Waals surface area contributed by atoms with Crippen molar-refractivity contribution in [1.82, 2.24) is 10.6 Å². The summed E-state index contributed by atoms with van der Waals surface area (Å²) in [4.78, 5) is 5.07. The molecule has 0 radical (unpaired) electrons. The van der Waals surface area contributed by atoms with Gasteiger partial charge in [-0.25, -0.2) is 4.99 Å². The number of amidine groups is 1. The van der Waals surface area contributed by atoms with Crippen LogP contribution in [0.4, 0.5) is 11.4 Å². The van der Waals surface area contributed by atoms with E-state index in [4.69, 9.17) is 4.99 Å². The highest BCUT2D eigenvalue weighted by atomic mass is 15.3. The molecule has 3 aliphatic heterocycles. The second-order valence-electron chi connectivity index (χ2n) is 12.7. The molecule has 0 bridgehead atoms. The highest BCUT2D eigenvalue weighted by Gasteiger charge is 2.30. The third-order valence-corrected chi connectivity index (χ3v) is 9.57. The molecule has 0 aliphatic carbocycles. The molecule has 0 spiro atoms. The third-order valence-electron chi connectivity index (χ3n) is 9.57. The molecule has 0 fully saturated rings. The first-order valence-electron chi connectivity index (χ1n) is 16.6. The van der Waals surface area contributed by atoms with E-state index in [1.807, 2.05) is 12.1 Å². The lowest BCUT2D eigenvalue weighted by atomic mass is 9.94. The monoisotopic (exact) mass is 621 g/mol. The van der Waals surface area contributed by atoms with Gasteiger partial charge in [-0.3, -0.25) is 5.32 Å². The molecular weight excluding hydrogens is 587 g/mol. The van der Waals surface area contributed by atoms with Crippen LogP contribution in [0.5, 0.6) is 0 Å². The van der Waals surface area contributed by atoms with E-state index in [1.54, 1.807) is 0 Å². The van der Waals surface area contributed by atoms with E-state index in [0.29, 0.717) is 0 Å². The predicted octanol–water partition coefficient (Wildman–Crippen LogP) is 9.16. The maximum Gasteiger partial charge on any atom is 0.131 e. The number of hydrogen-bond acceptors (Lipinski definition) is 5. The quantitative estimate of drug-likeness (QED) is 0.155. The highest BCUT2D eigenvalue weighted by Crippen LogP contribution is 2.36. The minimum atomic E-state index is -0.160. The Labute approximate surface area is 280 Å². The normalized spacial score (nSPS) is 20.9. The smallest absolute Gasteiger partial charge is 0.131 e. The molecule has 4 unspecified atom stereocenters. The first-order chi connectivity index (χ1) is 23.7. The van der Waals surface area contributed by atoms with Gasteiger partial charge in [-0.2, -0.15) is 0 Å². The molecule has 6 aromatic rings. The van der Waals surface area contributed by atoms with Crippen LogP contribution >= 0.6 is 0 Å². The third kappa shape index (κ3) is 5.44. The summed E-state index contributed by atoms with van der Waals surface area (Å²) in [5, 5.41) is 17.6. The van der Waals surface area contributed by atoms with Gasteiger partial charge in [0.15, 0.2) is 0 Å². The summed E-state index contributed by atoms with van der Waals surface area (Å²) in [6.07, 6.45) is 8.72. The van der Waals surface area contributed by atoms with E-state index in [0.717, 1.165) is 28.3 Å². The maximum atomic E-state index is 5.07. The van der Waals surface area contributed by atoms with Crippen molar-refractivity contribution in [2.75, 3.05) is 10.6 Å². The van der Waals surface area contributed by atoms with Crippen LogP contribution in [-0.4, -0.2) is 18.0 Å². The number of hydrogen-bond donors (Lipinski definition) is 4. The molecular formula is C43H35N5. The lowest BCUT2D eigenvalue weighted by molar-refractivity contribution is 0.382. The number of nitrogens with one attached hydrogen (secondary N) is 4. The van der Waals surface area contributed by atoms with E-state index in [2.05, 4.69) is 173 Å². The molecule has 232 valence electrons. The minimum Gasteiger partial charge on any atom is -0.375 e. The van der Waals surface area contributed by atoms with Crippen LogP contribution in [0.2, 0.25) is 0 Å². The Morgan fingerprint density at radius 1 is 0.479 bits per heavy atom. The average Bonchev–Trinajstić information content (AvgIpc) is 3.17. The average molecular weight is 622 g/mol. The fourth-order valence-corrected chi connectivity index (χ4v) is 6.97. The first kappa shape index (κ1) is 28.3. The summed E-state index contributed by atoms with van der Waals surface area (Å²) in [6.45, 7) is 0. The van der Waals surface area contributed by atoms with Crippen LogP contribution in [0, 0.1) is 0 Å². The maximum absolute atomic E-state index is 5.07. The molecule has 6 aromatic carbocycles. The van der Waals surface area contributed by atoms with Gasteiger partial charge in [-0.1, -0.05) is 146 Å². The molecule has 4 N–H and O–H groups in total. The molecule has 0 amide bonds. The summed E-state index contributed by atoms with van der Waals surface area (Å²) in [6, 6.07) is 49.5. The summed E-state index contributed by atoms with van der Waals surface area (Å²) in [5.41, 5.74) is 10.5. The Kier molecular flexibility index (Phi) is 7.10. The summed E-state index contributed by atoms with van der Waals surface area (Å²) in [5.74, 6) is 0.890. The second kappa shape index (κ2) is 12.0. The van der Waals surface area contributed by atoms with Crippen LogP contribution in [0.3, 0.4) is 0 Å². The standard InChI is InChI=1S/C43H35N5/c1-3-10-31(11-4-1)41-46-42(32-12-5-2-6-13-32)48-43(47-41)38-24-22-30-17-20-36(27-40(30)45-38)37-23-21-29-16-19-35(26-39(29)44-37)34-18-15-28-9-7-8-14-33(28)25-34/h1-27,37-38,41,43-45,47H,(H,46,48). The summed E-state index contributed by atoms with van der Waals surface area (Å²) >= 11 is 0. The van der Waals surface area contributed by atoms with Crippen molar-refractivity contribution < 1.29 is 0 Å². The van der Waals surface area contributed by atoms with Crippen LogP contribution in [0.1, 0.15) is 40.0 Å². The van der Waals surface area contributed by atoms with Crippen molar-refractivity contribution in [1.29, 1.82) is 0 Å². The number of aliphatic imine (C=N–C) groups is 1. The number of fused-ring (bicyclic) bond motifs is 3. The Bertz CT molecular complexity index is 2220. The Morgan fingerprint density at radius 3 is 2.02 bits per heavy atom. The van der Waals surface area contributed by atoms with Crippen molar-refractivity contribution in [3.63, 3.8) is 0 Å². The Hall–Kier alpha value is -5.91. The predicted molar refractivity (Wildman–Crippen MR) is 200 cm³/mol. The minimum absolute atomic E-state index is 0.00766. The molecule has 0 aromatic heterocycles. The van der Waals surface area contributed by atoms with E-state index in [1.165, 1.54) is 38.6 Å². The van der Waals surface area contributed by atoms with Crippen LogP contribution < -0.4 is 21.3 Å². The fourth-order valence-electron chi connectivity index (χ4n) is 6.97. The van der Waals surface area contributed by atoms with Crippen LogP contribution in [-0.2, 0) is 0 Å². The zero-order valence-electron chi connectivity index (χ0n) is 26.3. The van der Waals surface area contributed by atoms with Gasteiger partial charge in [0, 0.05) is 16.9 Å². The SMILES string of the molecule is C1=CC(c2ccc3c(c2)NC(C2NC(c4ccccc4)=NC(c4ccccc4)N2)C=C3)Nc2cc(-c3ccc4ccccc4c3)ccc21. The van der Waals surface area contributed by atoms with E-state index >= 15 is 0 Å². The van der Waals surface area contributed by atoms with Crippen molar-refractivity contribution in [3.05, 3.63) is 179 Å². The Balaban J connectivity index is 0.962. The highest BCUT2D eigenvalue weighted by molar-refractivity contribution is 5.99. The molecule has 0 saturated heterocycles.